The highest BCUT2D eigenvalue weighted by Crippen LogP contribution is 2.28. The maximum absolute atomic E-state index is 11.7. The number of carboxylic acid groups (broad SMARTS) is 1. The third-order valence-electron chi connectivity index (χ3n) is 5.23. The zero-order valence-corrected chi connectivity index (χ0v) is 16.7. The smallest absolute Gasteiger partial charge is 0.411 e. The SMILES string of the molecule is COc1ccccc1N(CCCN1CCN(c2ccc(C)cc2)CC1)C(=O)O. The van der Waals surface area contributed by atoms with Crippen LogP contribution in [-0.2, 0) is 0 Å². The van der Waals surface area contributed by atoms with Gasteiger partial charge in [-0.25, -0.2) is 4.79 Å². The molecule has 1 amide bonds. The number of amides is 1. The number of benzene rings is 2. The van der Waals surface area contributed by atoms with E-state index in [-0.39, 0.29) is 0 Å². The van der Waals surface area contributed by atoms with Gasteiger partial charge >= 0.3 is 6.09 Å². The summed E-state index contributed by atoms with van der Waals surface area (Å²) < 4.78 is 5.31. The molecule has 0 aromatic heterocycles. The predicted octanol–water partition coefficient (Wildman–Crippen LogP) is 3.70. The molecule has 1 heterocycles. The molecular weight excluding hydrogens is 354 g/mol. The Balaban J connectivity index is 1.49. The van der Waals surface area contributed by atoms with Gasteiger partial charge in [-0.05, 0) is 44.2 Å². The lowest BCUT2D eigenvalue weighted by Gasteiger charge is -2.36. The number of piperazine rings is 1. The molecule has 1 aliphatic rings. The number of para-hydroxylation sites is 2. The average molecular weight is 383 g/mol. The summed E-state index contributed by atoms with van der Waals surface area (Å²) in [4.78, 5) is 17.9. The summed E-state index contributed by atoms with van der Waals surface area (Å²) in [6.07, 6.45) is -0.164. The van der Waals surface area contributed by atoms with Crippen LogP contribution in [0.25, 0.3) is 0 Å². The fourth-order valence-electron chi connectivity index (χ4n) is 3.61. The Labute approximate surface area is 166 Å². The molecule has 1 aliphatic heterocycles. The quantitative estimate of drug-likeness (QED) is 0.790. The molecule has 0 atom stereocenters. The van der Waals surface area contributed by atoms with Crippen LogP contribution in [0.4, 0.5) is 16.2 Å². The van der Waals surface area contributed by atoms with E-state index in [2.05, 4.69) is 41.0 Å². The molecular formula is C22H29N3O3. The Bertz CT molecular complexity index is 771. The lowest BCUT2D eigenvalue weighted by atomic mass is 10.2. The Morgan fingerprint density at radius 2 is 1.75 bits per heavy atom. The van der Waals surface area contributed by atoms with Crippen molar-refractivity contribution in [2.24, 2.45) is 0 Å². The molecule has 0 unspecified atom stereocenters. The lowest BCUT2D eigenvalue weighted by molar-refractivity contribution is 0.200. The summed E-state index contributed by atoms with van der Waals surface area (Å²) in [6.45, 7) is 7.43. The van der Waals surface area contributed by atoms with Gasteiger partial charge < -0.3 is 14.7 Å². The van der Waals surface area contributed by atoms with Crippen LogP contribution in [0, 0.1) is 6.92 Å². The van der Waals surface area contributed by atoms with Crippen molar-refractivity contribution >= 4 is 17.5 Å². The highest BCUT2D eigenvalue weighted by Gasteiger charge is 2.20. The van der Waals surface area contributed by atoms with Gasteiger partial charge in [-0.15, -0.1) is 0 Å². The van der Waals surface area contributed by atoms with Crippen molar-refractivity contribution in [1.82, 2.24) is 4.90 Å². The summed E-state index contributed by atoms with van der Waals surface area (Å²) in [7, 11) is 1.56. The molecule has 1 N–H and O–H groups in total. The molecule has 6 heteroatoms. The van der Waals surface area contributed by atoms with E-state index in [4.69, 9.17) is 4.74 Å². The summed E-state index contributed by atoms with van der Waals surface area (Å²) in [5.74, 6) is 0.580. The second kappa shape index (κ2) is 9.46. The lowest BCUT2D eigenvalue weighted by Crippen LogP contribution is -2.47. The number of ether oxygens (including phenoxy) is 1. The highest BCUT2D eigenvalue weighted by atomic mass is 16.5. The van der Waals surface area contributed by atoms with Crippen LogP contribution in [0.3, 0.4) is 0 Å². The van der Waals surface area contributed by atoms with Gasteiger partial charge in [-0.2, -0.15) is 0 Å². The number of carbonyl (C=O) groups is 1. The van der Waals surface area contributed by atoms with Crippen LogP contribution in [0.15, 0.2) is 48.5 Å². The molecule has 1 fully saturated rings. The Morgan fingerprint density at radius 3 is 2.39 bits per heavy atom. The third kappa shape index (κ3) is 4.95. The number of nitrogens with zero attached hydrogens (tertiary/aromatic N) is 3. The van der Waals surface area contributed by atoms with Gasteiger partial charge in [0.15, 0.2) is 0 Å². The average Bonchev–Trinajstić information content (AvgIpc) is 2.72. The maximum Gasteiger partial charge on any atom is 0.411 e. The van der Waals surface area contributed by atoms with E-state index >= 15 is 0 Å². The van der Waals surface area contributed by atoms with Gasteiger partial charge in [0.1, 0.15) is 5.75 Å². The number of methoxy groups -OCH3 is 1. The summed E-state index contributed by atoms with van der Waals surface area (Å²) in [5.41, 5.74) is 3.15. The Hall–Kier alpha value is -2.73. The summed E-state index contributed by atoms with van der Waals surface area (Å²) in [5, 5.41) is 9.61. The van der Waals surface area contributed by atoms with Gasteiger partial charge in [0.05, 0.1) is 12.8 Å². The van der Waals surface area contributed by atoms with Crippen LogP contribution in [-0.4, -0.2) is 62.5 Å². The fourth-order valence-corrected chi connectivity index (χ4v) is 3.61. The molecule has 0 saturated carbocycles. The monoisotopic (exact) mass is 383 g/mol. The number of aryl methyl sites for hydroxylation is 1. The van der Waals surface area contributed by atoms with E-state index in [0.29, 0.717) is 18.0 Å². The molecule has 150 valence electrons. The molecule has 2 aromatic carbocycles. The number of rotatable bonds is 7. The molecule has 2 aromatic rings. The topological polar surface area (TPSA) is 56.2 Å². The molecule has 6 nitrogen and oxygen atoms in total. The first-order chi connectivity index (χ1) is 13.6. The van der Waals surface area contributed by atoms with Crippen molar-refractivity contribution in [3.8, 4) is 5.75 Å². The van der Waals surface area contributed by atoms with Gasteiger partial charge in [0.2, 0.25) is 0 Å². The largest absolute Gasteiger partial charge is 0.495 e. The minimum atomic E-state index is -0.950. The third-order valence-corrected chi connectivity index (χ3v) is 5.23. The molecule has 28 heavy (non-hydrogen) atoms. The minimum Gasteiger partial charge on any atom is -0.495 e. The van der Waals surface area contributed by atoms with E-state index in [0.717, 1.165) is 39.1 Å². The van der Waals surface area contributed by atoms with E-state index in [9.17, 15) is 9.90 Å². The van der Waals surface area contributed by atoms with Crippen LogP contribution in [0.5, 0.6) is 5.75 Å². The summed E-state index contributed by atoms with van der Waals surface area (Å²) >= 11 is 0. The van der Waals surface area contributed by atoms with Gasteiger partial charge in [-0.3, -0.25) is 9.80 Å². The molecule has 0 aliphatic carbocycles. The molecule has 1 saturated heterocycles. The van der Waals surface area contributed by atoms with E-state index in [1.54, 1.807) is 19.2 Å². The first-order valence-corrected chi connectivity index (χ1v) is 9.76. The zero-order chi connectivity index (χ0) is 19.9. The zero-order valence-electron chi connectivity index (χ0n) is 16.7. The molecule has 0 bridgehead atoms. The van der Waals surface area contributed by atoms with Gasteiger partial charge in [-0.1, -0.05) is 29.8 Å². The number of anilines is 2. The van der Waals surface area contributed by atoms with Crippen molar-refractivity contribution < 1.29 is 14.6 Å². The van der Waals surface area contributed by atoms with E-state index in [1.165, 1.54) is 16.2 Å². The molecule has 0 radical (unpaired) electrons. The molecule has 3 rings (SSSR count). The van der Waals surface area contributed by atoms with Crippen molar-refractivity contribution in [1.29, 1.82) is 0 Å². The standard InChI is InChI=1S/C22H29N3O3/c1-18-8-10-19(11-9-18)24-16-14-23(15-17-24)12-5-13-25(22(26)27)20-6-3-4-7-21(20)28-2/h3-4,6-11H,5,12-17H2,1-2H3,(H,26,27). The first-order valence-electron chi connectivity index (χ1n) is 9.76. The maximum atomic E-state index is 11.7. The minimum absolute atomic E-state index is 0.452. The van der Waals surface area contributed by atoms with E-state index in [1.807, 2.05) is 12.1 Å². The van der Waals surface area contributed by atoms with Crippen LogP contribution < -0.4 is 14.5 Å². The second-order valence-electron chi connectivity index (χ2n) is 7.12. The van der Waals surface area contributed by atoms with Crippen molar-refractivity contribution in [2.45, 2.75) is 13.3 Å². The van der Waals surface area contributed by atoms with Crippen molar-refractivity contribution in [3.05, 3.63) is 54.1 Å². The van der Waals surface area contributed by atoms with Crippen molar-refractivity contribution in [2.75, 3.05) is 56.2 Å². The first kappa shape index (κ1) is 20.0. The fraction of sp³-hybridized carbons (Fsp3) is 0.409. The van der Waals surface area contributed by atoms with Gasteiger partial charge in [0, 0.05) is 38.4 Å². The number of hydrogen-bond acceptors (Lipinski definition) is 4. The Kier molecular flexibility index (Phi) is 6.76. The highest BCUT2D eigenvalue weighted by molar-refractivity contribution is 5.88. The Morgan fingerprint density at radius 1 is 1.07 bits per heavy atom. The van der Waals surface area contributed by atoms with Crippen LogP contribution in [0.1, 0.15) is 12.0 Å². The second-order valence-corrected chi connectivity index (χ2v) is 7.12. The van der Waals surface area contributed by atoms with E-state index < -0.39 is 6.09 Å². The molecule has 0 spiro atoms. The van der Waals surface area contributed by atoms with Crippen molar-refractivity contribution in [3.63, 3.8) is 0 Å². The van der Waals surface area contributed by atoms with Gasteiger partial charge in [0.25, 0.3) is 0 Å². The summed E-state index contributed by atoms with van der Waals surface area (Å²) in [6, 6.07) is 15.9. The number of hydrogen-bond donors (Lipinski definition) is 1. The van der Waals surface area contributed by atoms with Crippen LogP contribution >= 0.6 is 0 Å². The van der Waals surface area contributed by atoms with Crippen LogP contribution in [0.2, 0.25) is 0 Å². The predicted molar refractivity (Wildman–Crippen MR) is 113 cm³/mol. The normalized spacial score (nSPS) is 14.7.